The summed E-state index contributed by atoms with van der Waals surface area (Å²) in [6.45, 7) is 0. The highest BCUT2D eigenvalue weighted by molar-refractivity contribution is 5.79. The number of nitrogens with one attached hydrogen (secondary N) is 1. The SMILES string of the molecule is COc1ccc(C2CC(c3cccc(OC)c3)N=C(N)N2)cc1. The molecule has 0 bridgehead atoms. The monoisotopic (exact) mass is 311 g/mol. The van der Waals surface area contributed by atoms with E-state index in [9.17, 15) is 0 Å². The zero-order valence-corrected chi connectivity index (χ0v) is 13.3. The summed E-state index contributed by atoms with van der Waals surface area (Å²) in [7, 11) is 3.33. The number of ether oxygens (including phenoxy) is 2. The fourth-order valence-corrected chi connectivity index (χ4v) is 2.83. The Morgan fingerprint density at radius 3 is 2.43 bits per heavy atom. The molecule has 3 rings (SSSR count). The lowest BCUT2D eigenvalue weighted by Crippen LogP contribution is -2.39. The van der Waals surface area contributed by atoms with Gasteiger partial charge < -0.3 is 20.5 Å². The van der Waals surface area contributed by atoms with E-state index in [1.54, 1.807) is 14.2 Å². The Bertz CT molecular complexity index is 698. The van der Waals surface area contributed by atoms with Crippen molar-refractivity contribution in [2.75, 3.05) is 14.2 Å². The van der Waals surface area contributed by atoms with Crippen molar-refractivity contribution < 1.29 is 9.47 Å². The van der Waals surface area contributed by atoms with Gasteiger partial charge in [0.25, 0.3) is 0 Å². The molecule has 120 valence electrons. The molecule has 2 unspecified atom stereocenters. The van der Waals surface area contributed by atoms with Crippen LogP contribution in [-0.2, 0) is 0 Å². The first-order chi connectivity index (χ1) is 11.2. The van der Waals surface area contributed by atoms with Gasteiger partial charge in [0.15, 0.2) is 5.96 Å². The van der Waals surface area contributed by atoms with Crippen LogP contribution in [0.3, 0.4) is 0 Å². The quantitative estimate of drug-likeness (QED) is 0.911. The molecule has 2 atom stereocenters. The molecule has 1 heterocycles. The number of nitrogens with zero attached hydrogens (tertiary/aromatic N) is 1. The summed E-state index contributed by atoms with van der Waals surface area (Å²) >= 11 is 0. The van der Waals surface area contributed by atoms with Gasteiger partial charge in [0, 0.05) is 0 Å². The molecule has 5 nitrogen and oxygen atoms in total. The van der Waals surface area contributed by atoms with Crippen LogP contribution in [0.15, 0.2) is 53.5 Å². The second-order valence-corrected chi connectivity index (χ2v) is 5.51. The van der Waals surface area contributed by atoms with E-state index in [1.807, 2.05) is 30.3 Å². The summed E-state index contributed by atoms with van der Waals surface area (Å²) in [5.41, 5.74) is 8.27. The number of methoxy groups -OCH3 is 2. The van der Waals surface area contributed by atoms with Gasteiger partial charge in [-0.2, -0.15) is 0 Å². The zero-order valence-electron chi connectivity index (χ0n) is 13.3. The normalized spacial score (nSPS) is 20.3. The molecule has 0 saturated heterocycles. The molecule has 0 aromatic heterocycles. The minimum atomic E-state index is 0.0125. The van der Waals surface area contributed by atoms with Crippen molar-refractivity contribution in [1.29, 1.82) is 0 Å². The van der Waals surface area contributed by atoms with Gasteiger partial charge in [0.05, 0.1) is 26.3 Å². The highest BCUT2D eigenvalue weighted by Crippen LogP contribution is 2.33. The van der Waals surface area contributed by atoms with E-state index in [2.05, 4.69) is 28.5 Å². The van der Waals surface area contributed by atoms with E-state index in [4.69, 9.17) is 15.2 Å². The molecular formula is C18H21N3O2. The molecule has 0 saturated carbocycles. The van der Waals surface area contributed by atoms with Gasteiger partial charge in [0.2, 0.25) is 0 Å². The summed E-state index contributed by atoms with van der Waals surface area (Å²) in [6, 6.07) is 16.1. The van der Waals surface area contributed by atoms with Crippen molar-refractivity contribution in [2.24, 2.45) is 10.7 Å². The van der Waals surface area contributed by atoms with Crippen LogP contribution in [-0.4, -0.2) is 20.2 Å². The lowest BCUT2D eigenvalue weighted by atomic mass is 9.94. The number of rotatable bonds is 4. The van der Waals surface area contributed by atoms with E-state index in [0.717, 1.165) is 29.0 Å². The van der Waals surface area contributed by atoms with Gasteiger partial charge in [-0.3, -0.25) is 0 Å². The van der Waals surface area contributed by atoms with Crippen LogP contribution in [0, 0.1) is 0 Å². The van der Waals surface area contributed by atoms with Crippen LogP contribution in [0.2, 0.25) is 0 Å². The Balaban J connectivity index is 1.84. The van der Waals surface area contributed by atoms with Gasteiger partial charge in [-0.25, -0.2) is 4.99 Å². The van der Waals surface area contributed by atoms with Crippen molar-refractivity contribution in [1.82, 2.24) is 5.32 Å². The summed E-state index contributed by atoms with van der Waals surface area (Å²) in [5, 5.41) is 3.25. The second-order valence-electron chi connectivity index (χ2n) is 5.51. The number of nitrogens with two attached hydrogens (primary N) is 1. The topological polar surface area (TPSA) is 68.9 Å². The summed E-state index contributed by atoms with van der Waals surface area (Å²) in [6.07, 6.45) is 0.834. The van der Waals surface area contributed by atoms with Gasteiger partial charge in [-0.15, -0.1) is 0 Å². The first kappa shape index (κ1) is 15.2. The molecule has 0 fully saturated rings. The third-order valence-corrected chi connectivity index (χ3v) is 4.07. The molecule has 3 N–H and O–H groups in total. The van der Waals surface area contributed by atoms with Crippen molar-refractivity contribution in [3.63, 3.8) is 0 Å². The number of hydrogen-bond acceptors (Lipinski definition) is 5. The third-order valence-electron chi connectivity index (χ3n) is 4.07. The first-order valence-corrected chi connectivity index (χ1v) is 7.57. The van der Waals surface area contributed by atoms with Crippen molar-refractivity contribution in [2.45, 2.75) is 18.5 Å². The zero-order chi connectivity index (χ0) is 16.2. The smallest absolute Gasteiger partial charge is 0.189 e. The maximum Gasteiger partial charge on any atom is 0.189 e. The molecule has 23 heavy (non-hydrogen) atoms. The number of aliphatic imine (C=N–C) groups is 1. The molecule has 2 aromatic rings. The molecule has 0 radical (unpaired) electrons. The Labute approximate surface area is 136 Å². The molecule has 5 heteroatoms. The van der Waals surface area contributed by atoms with Crippen LogP contribution in [0.25, 0.3) is 0 Å². The van der Waals surface area contributed by atoms with Crippen molar-refractivity contribution in [3.8, 4) is 11.5 Å². The Kier molecular flexibility index (Phi) is 4.37. The van der Waals surface area contributed by atoms with Crippen molar-refractivity contribution >= 4 is 5.96 Å². The largest absolute Gasteiger partial charge is 0.497 e. The Hall–Kier alpha value is -2.69. The van der Waals surface area contributed by atoms with E-state index < -0.39 is 0 Å². The van der Waals surface area contributed by atoms with Crippen LogP contribution >= 0.6 is 0 Å². The van der Waals surface area contributed by atoms with E-state index in [0.29, 0.717) is 5.96 Å². The number of benzene rings is 2. The van der Waals surface area contributed by atoms with E-state index in [-0.39, 0.29) is 12.1 Å². The van der Waals surface area contributed by atoms with Crippen LogP contribution in [0.4, 0.5) is 0 Å². The summed E-state index contributed by atoms with van der Waals surface area (Å²) in [5.74, 6) is 2.14. The summed E-state index contributed by atoms with van der Waals surface area (Å²) < 4.78 is 10.5. The predicted molar refractivity (Wildman–Crippen MR) is 90.8 cm³/mol. The van der Waals surface area contributed by atoms with Crippen LogP contribution in [0.1, 0.15) is 29.6 Å². The van der Waals surface area contributed by atoms with Crippen molar-refractivity contribution in [3.05, 3.63) is 59.7 Å². The average molecular weight is 311 g/mol. The highest BCUT2D eigenvalue weighted by atomic mass is 16.5. The first-order valence-electron chi connectivity index (χ1n) is 7.57. The lowest BCUT2D eigenvalue weighted by Gasteiger charge is -2.29. The van der Waals surface area contributed by atoms with Crippen LogP contribution < -0.4 is 20.5 Å². The molecule has 2 aromatic carbocycles. The minimum absolute atomic E-state index is 0.0125. The van der Waals surface area contributed by atoms with Gasteiger partial charge >= 0.3 is 0 Å². The Morgan fingerprint density at radius 1 is 1.00 bits per heavy atom. The molecule has 0 aliphatic carbocycles. The predicted octanol–water partition coefficient (Wildman–Crippen LogP) is 2.79. The maximum atomic E-state index is 6.00. The fourth-order valence-electron chi connectivity index (χ4n) is 2.83. The van der Waals surface area contributed by atoms with E-state index >= 15 is 0 Å². The molecule has 1 aliphatic heterocycles. The molecular weight excluding hydrogens is 290 g/mol. The molecule has 1 aliphatic rings. The van der Waals surface area contributed by atoms with Gasteiger partial charge in [-0.05, 0) is 41.8 Å². The Morgan fingerprint density at radius 2 is 1.74 bits per heavy atom. The minimum Gasteiger partial charge on any atom is -0.497 e. The molecule has 0 amide bonds. The van der Waals surface area contributed by atoms with Gasteiger partial charge in [-0.1, -0.05) is 24.3 Å². The van der Waals surface area contributed by atoms with E-state index in [1.165, 1.54) is 0 Å². The number of guanidine groups is 1. The highest BCUT2D eigenvalue weighted by Gasteiger charge is 2.24. The second kappa shape index (κ2) is 6.60. The summed E-state index contributed by atoms with van der Waals surface area (Å²) in [4.78, 5) is 4.54. The fraction of sp³-hybridized carbons (Fsp3) is 0.278. The lowest BCUT2D eigenvalue weighted by molar-refractivity contribution is 0.412. The number of hydrogen-bond donors (Lipinski definition) is 2. The van der Waals surface area contributed by atoms with Gasteiger partial charge in [0.1, 0.15) is 11.5 Å². The third kappa shape index (κ3) is 3.39. The van der Waals surface area contributed by atoms with Crippen LogP contribution in [0.5, 0.6) is 11.5 Å². The molecule has 0 spiro atoms. The average Bonchev–Trinajstić information content (AvgIpc) is 2.61. The standard InChI is InChI=1S/C18H21N3O2/c1-22-14-8-6-12(7-9-14)16-11-17(21-18(19)20-16)13-4-3-5-15(10-13)23-2/h3-10,16-17H,11H2,1-2H3,(H3,19,20,21). The maximum absolute atomic E-state index is 6.00.